The second-order valence-corrected chi connectivity index (χ2v) is 4.30. The highest BCUT2D eigenvalue weighted by Crippen LogP contribution is 2.13. The van der Waals surface area contributed by atoms with Crippen molar-refractivity contribution in [2.24, 2.45) is 11.7 Å². The monoisotopic (exact) mass is 332 g/mol. The van der Waals surface area contributed by atoms with Gasteiger partial charge in [0.15, 0.2) is 0 Å². The van der Waals surface area contributed by atoms with Gasteiger partial charge in [-0.15, -0.1) is 17.0 Å². The molecule has 1 aromatic rings. The normalized spacial score (nSPS) is 11.6. The van der Waals surface area contributed by atoms with Crippen molar-refractivity contribution in [1.82, 2.24) is 0 Å². The molecule has 1 atom stereocenters. The van der Waals surface area contributed by atoms with Crippen LogP contribution in [0.5, 0.6) is 0 Å². The van der Waals surface area contributed by atoms with Gasteiger partial charge in [0, 0.05) is 12.1 Å². The van der Waals surface area contributed by atoms with Crippen LogP contribution >= 0.6 is 17.0 Å². The van der Waals surface area contributed by atoms with Crippen LogP contribution in [0.1, 0.15) is 19.4 Å². The van der Waals surface area contributed by atoms with Gasteiger partial charge in [-0.2, -0.15) is 0 Å². The zero-order chi connectivity index (χ0) is 13.7. The van der Waals surface area contributed by atoms with E-state index in [2.05, 4.69) is 0 Å². The van der Waals surface area contributed by atoms with E-state index in [0.717, 1.165) is 0 Å². The van der Waals surface area contributed by atoms with E-state index in [4.69, 9.17) is 10.5 Å². The molecule has 1 aromatic carbocycles. The Morgan fingerprint density at radius 2 is 1.89 bits per heavy atom. The zero-order valence-electron chi connectivity index (χ0n) is 10.7. The van der Waals surface area contributed by atoms with Crippen molar-refractivity contribution in [3.63, 3.8) is 0 Å². The first-order chi connectivity index (χ1) is 8.41. The number of nitro groups is 1. The van der Waals surface area contributed by atoms with Gasteiger partial charge in [0.25, 0.3) is 5.69 Å². The average molecular weight is 333 g/mol. The summed E-state index contributed by atoms with van der Waals surface area (Å²) in [6.07, 6.45) is 0. The minimum atomic E-state index is -0.650. The van der Waals surface area contributed by atoms with E-state index in [1.54, 1.807) is 12.1 Å². The van der Waals surface area contributed by atoms with Crippen LogP contribution in [0.15, 0.2) is 24.3 Å². The molecular weight excluding hydrogens is 316 g/mol. The minimum Gasteiger partial charge on any atom is -0.460 e. The Morgan fingerprint density at radius 1 is 1.37 bits per heavy atom. The van der Waals surface area contributed by atoms with Crippen LogP contribution in [0.25, 0.3) is 0 Å². The highest BCUT2D eigenvalue weighted by Gasteiger charge is 2.18. The lowest BCUT2D eigenvalue weighted by molar-refractivity contribution is -0.384. The van der Waals surface area contributed by atoms with E-state index in [1.165, 1.54) is 12.1 Å². The molecule has 0 aliphatic carbocycles. The molecule has 7 heteroatoms. The first kappa shape index (κ1) is 17.5. The quantitative estimate of drug-likeness (QED) is 0.506. The Labute approximate surface area is 121 Å². The van der Waals surface area contributed by atoms with E-state index in [9.17, 15) is 14.9 Å². The molecule has 19 heavy (non-hydrogen) atoms. The van der Waals surface area contributed by atoms with Gasteiger partial charge in [0.05, 0.1) is 4.92 Å². The Kier molecular flexibility index (Phi) is 7.25. The number of rotatable bonds is 5. The van der Waals surface area contributed by atoms with Gasteiger partial charge in [-0.1, -0.05) is 13.8 Å². The van der Waals surface area contributed by atoms with Crippen LogP contribution in [-0.2, 0) is 16.1 Å². The molecule has 0 fully saturated rings. The molecule has 0 aromatic heterocycles. The fourth-order valence-corrected chi connectivity index (χ4v) is 1.24. The highest BCUT2D eigenvalue weighted by atomic mass is 79.9. The fraction of sp³-hybridized carbons (Fsp3) is 0.417. The molecule has 0 aliphatic heterocycles. The van der Waals surface area contributed by atoms with Crippen molar-refractivity contribution in [3.8, 4) is 0 Å². The Balaban J connectivity index is 0.00000324. The lowest BCUT2D eigenvalue weighted by Gasteiger charge is -2.14. The second kappa shape index (κ2) is 7.85. The van der Waals surface area contributed by atoms with E-state index in [0.29, 0.717) is 5.56 Å². The van der Waals surface area contributed by atoms with Gasteiger partial charge in [-0.3, -0.25) is 14.9 Å². The average Bonchev–Trinajstić information content (AvgIpc) is 2.35. The topological polar surface area (TPSA) is 95.5 Å². The summed E-state index contributed by atoms with van der Waals surface area (Å²) in [5.74, 6) is -0.460. The Bertz CT molecular complexity index is 434. The number of hydrogen-bond donors (Lipinski definition) is 1. The standard InChI is InChI=1S/C12H16N2O4.BrH/c1-8(2)11(13)12(15)18-7-9-3-5-10(6-4-9)14(16)17;/h3-6,8,11H,7,13H2,1-2H3;1H/t11-;/m1./s1. The van der Waals surface area contributed by atoms with Crippen LogP contribution in [0.4, 0.5) is 5.69 Å². The van der Waals surface area contributed by atoms with E-state index >= 15 is 0 Å². The SMILES string of the molecule is Br.CC(C)[C@@H](N)C(=O)OCc1ccc([N+](=O)[O-])cc1. The summed E-state index contributed by atoms with van der Waals surface area (Å²) in [6, 6.07) is 5.18. The smallest absolute Gasteiger partial charge is 0.323 e. The van der Waals surface area contributed by atoms with Gasteiger partial charge >= 0.3 is 5.97 Å². The first-order valence-corrected chi connectivity index (χ1v) is 5.57. The number of esters is 1. The number of hydrogen-bond acceptors (Lipinski definition) is 5. The molecule has 1 rings (SSSR count). The van der Waals surface area contributed by atoms with Crippen molar-refractivity contribution < 1.29 is 14.5 Å². The lowest BCUT2D eigenvalue weighted by Crippen LogP contribution is -2.36. The predicted octanol–water partition coefficient (Wildman–Crippen LogP) is 2.20. The molecule has 0 heterocycles. The van der Waals surface area contributed by atoms with E-state index in [1.807, 2.05) is 13.8 Å². The number of nitrogens with zero attached hydrogens (tertiary/aromatic N) is 1. The molecule has 6 nitrogen and oxygen atoms in total. The molecule has 0 unspecified atom stereocenters. The summed E-state index contributed by atoms with van der Waals surface area (Å²) in [6.45, 7) is 3.73. The van der Waals surface area contributed by atoms with Gasteiger partial charge in [0.2, 0.25) is 0 Å². The summed E-state index contributed by atoms with van der Waals surface area (Å²) in [4.78, 5) is 21.4. The summed E-state index contributed by atoms with van der Waals surface area (Å²) < 4.78 is 5.02. The number of carbonyl (C=O) groups excluding carboxylic acids is 1. The summed E-state index contributed by atoms with van der Waals surface area (Å²) in [7, 11) is 0. The number of non-ortho nitro benzene ring substituents is 1. The molecule has 0 bridgehead atoms. The number of halogens is 1. The molecule has 0 saturated carbocycles. The maximum Gasteiger partial charge on any atom is 0.323 e. The molecule has 2 N–H and O–H groups in total. The van der Waals surface area contributed by atoms with Gasteiger partial charge in [-0.25, -0.2) is 0 Å². The number of nitro benzene ring substituents is 1. The Morgan fingerprint density at radius 3 is 2.32 bits per heavy atom. The van der Waals surface area contributed by atoms with E-state index < -0.39 is 16.9 Å². The van der Waals surface area contributed by atoms with Crippen molar-refractivity contribution in [1.29, 1.82) is 0 Å². The van der Waals surface area contributed by atoms with Crippen LogP contribution in [-0.4, -0.2) is 16.9 Å². The second-order valence-electron chi connectivity index (χ2n) is 4.30. The third-order valence-corrected chi connectivity index (χ3v) is 2.52. The molecular formula is C12H17BrN2O4. The van der Waals surface area contributed by atoms with Crippen molar-refractivity contribution >= 4 is 28.6 Å². The zero-order valence-corrected chi connectivity index (χ0v) is 12.5. The van der Waals surface area contributed by atoms with Gasteiger partial charge < -0.3 is 10.5 Å². The molecule has 0 aliphatic rings. The minimum absolute atomic E-state index is 0. The van der Waals surface area contributed by atoms with Crippen LogP contribution in [0, 0.1) is 16.0 Å². The number of ether oxygens (including phenoxy) is 1. The number of carbonyl (C=O) groups is 1. The molecule has 0 radical (unpaired) electrons. The predicted molar refractivity (Wildman–Crippen MR) is 76.0 cm³/mol. The molecule has 0 amide bonds. The van der Waals surface area contributed by atoms with Crippen molar-refractivity contribution in [2.75, 3.05) is 0 Å². The molecule has 0 saturated heterocycles. The van der Waals surface area contributed by atoms with Crippen LogP contribution in [0.2, 0.25) is 0 Å². The van der Waals surface area contributed by atoms with Crippen molar-refractivity contribution in [2.45, 2.75) is 26.5 Å². The fourth-order valence-electron chi connectivity index (χ4n) is 1.24. The van der Waals surface area contributed by atoms with Gasteiger partial charge in [-0.05, 0) is 23.6 Å². The maximum atomic E-state index is 11.5. The number of benzene rings is 1. The molecule has 106 valence electrons. The Hall–Kier alpha value is -1.47. The largest absolute Gasteiger partial charge is 0.460 e. The summed E-state index contributed by atoms with van der Waals surface area (Å²) >= 11 is 0. The maximum absolute atomic E-state index is 11.5. The first-order valence-electron chi connectivity index (χ1n) is 5.57. The highest BCUT2D eigenvalue weighted by molar-refractivity contribution is 8.93. The van der Waals surface area contributed by atoms with Crippen molar-refractivity contribution in [3.05, 3.63) is 39.9 Å². The third kappa shape index (κ3) is 5.35. The molecule has 0 spiro atoms. The van der Waals surface area contributed by atoms with Gasteiger partial charge in [0.1, 0.15) is 12.6 Å². The summed E-state index contributed by atoms with van der Waals surface area (Å²) in [5.41, 5.74) is 6.31. The third-order valence-electron chi connectivity index (χ3n) is 2.52. The van der Waals surface area contributed by atoms with E-state index in [-0.39, 0.29) is 35.2 Å². The number of nitrogens with two attached hydrogens (primary N) is 1. The van der Waals surface area contributed by atoms with Crippen LogP contribution in [0.3, 0.4) is 0 Å². The summed E-state index contributed by atoms with van der Waals surface area (Å²) in [5, 5.41) is 10.4. The van der Waals surface area contributed by atoms with Crippen LogP contribution < -0.4 is 5.73 Å². The lowest BCUT2D eigenvalue weighted by atomic mass is 10.1.